The van der Waals surface area contributed by atoms with Crippen LogP contribution in [0, 0.1) is 0 Å². The largest absolute Gasteiger partial charge is 0.462 e. The van der Waals surface area contributed by atoms with E-state index in [9.17, 15) is 28.8 Å². The Morgan fingerprint density at radius 2 is 0.881 bits per heavy atom. The van der Waals surface area contributed by atoms with Gasteiger partial charge in [0.15, 0.2) is 0 Å². The molecule has 0 saturated heterocycles. The number of isocyanates is 2. The molecule has 0 N–H and O–H groups in total. The minimum absolute atomic E-state index is 0.0302. The number of carbonyl (C=O) groups is 4. The van der Waals surface area contributed by atoms with E-state index in [1.807, 2.05) is 0 Å². The lowest BCUT2D eigenvalue weighted by molar-refractivity contribution is -0.152. The maximum atomic E-state index is 12.0. The number of benzene rings is 2. The normalized spacial score (nSPS) is 10.0. The fourth-order valence-corrected chi connectivity index (χ4v) is 3.50. The van der Waals surface area contributed by atoms with Crippen LogP contribution in [0.15, 0.2) is 58.5 Å². The van der Waals surface area contributed by atoms with E-state index in [0.29, 0.717) is 61.0 Å². The van der Waals surface area contributed by atoms with Crippen molar-refractivity contribution in [3.8, 4) is 0 Å². The van der Waals surface area contributed by atoms with Crippen molar-refractivity contribution >= 4 is 47.4 Å². The van der Waals surface area contributed by atoms with Crippen LogP contribution in [0.2, 0.25) is 0 Å². The summed E-state index contributed by atoms with van der Waals surface area (Å²) in [6, 6.07) is 12.1. The molecule has 0 unspecified atom stereocenters. The van der Waals surface area contributed by atoms with Gasteiger partial charge in [-0.2, -0.15) is 9.98 Å². The summed E-state index contributed by atoms with van der Waals surface area (Å²) in [7, 11) is 0. The van der Waals surface area contributed by atoms with Gasteiger partial charge in [-0.3, -0.25) is 9.59 Å². The zero-order chi connectivity index (χ0) is 30.4. The highest BCUT2D eigenvalue weighted by Gasteiger charge is 2.09. The van der Waals surface area contributed by atoms with Crippen molar-refractivity contribution < 1.29 is 47.7 Å². The predicted molar refractivity (Wildman–Crippen MR) is 148 cm³/mol. The first-order valence-electron chi connectivity index (χ1n) is 13.4. The SMILES string of the molecule is O=C=Nc1ccc(C(=O)OCCCCCC(=O)OCCOC(=O)CCCCCOC(=O)c2ccc(N=C=O)cc2)cc1. The maximum Gasteiger partial charge on any atom is 0.338 e. The molecule has 0 aromatic heterocycles. The van der Waals surface area contributed by atoms with Crippen molar-refractivity contribution in [2.45, 2.75) is 51.4 Å². The van der Waals surface area contributed by atoms with Crippen LogP contribution in [0.25, 0.3) is 0 Å². The van der Waals surface area contributed by atoms with Crippen molar-refractivity contribution in [2.24, 2.45) is 9.98 Å². The smallest absolute Gasteiger partial charge is 0.338 e. The van der Waals surface area contributed by atoms with Gasteiger partial charge in [0.2, 0.25) is 12.2 Å². The zero-order valence-electron chi connectivity index (χ0n) is 23.1. The highest BCUT2D eigenvalue weighted by atomic mass is 16.6. The Balaban J connectivity index is 1.41. The van der Waals surface area contributed by atoms with Crippen molar-refractivity contribution in [3.63, 3.8) is 0 Å². The molecule has 0 saturated carbocycles. The first-order valence-corrected chi connectivity index (χ1v) is 13.4. The van der Waals surface area contributed by atoms with Gasteiger partial charge in [-0.25, -0.2) is 19.2 Å². The molecule has 0 bridgehead atoms. The van der Waals surface area contributed by atoms with Gasteiger partial charge >= 0.3 is 23.9 Å². The second-order valence-corrected chi connectivity index (χ2v) is 8.83. The molecule has 0 aliphatic carbocycles. The highest BCUT2D eigenvalue weighted by Crippen LogP contribution is 2.14. The summed E-state index contributed by atoms with van der Waals surface area (Å²) in [6.45, 7) is 0.353. The summed E-state index contributed by atoms with van der Waals surface area (Å²) in [6.07, 6.45) is 6.86. The molecule has 0 aliphatic heterocycles. The van der Waals surface area contributed by atoms with Gasteiger partial charge in [-0.15, -0.1) is 0 Å². The van der Waals surface area contributed by atoms with Crippen LogP contribution in [0.5, 0.6) is 0 Å². The average Bonchev–Trinajstić information content (AvgIpc) is 2.99. The summed E-state index contributed by atoms with van der Waals surface area (Å²) in [5.41, 5.74) is 1.48. The lowest BCUT2D eigenvalue weighted by Gasteiger charge is -2.07. The first kappa shape index (κ1) is 33.3. The summed E-state index contributed by atoms with van der Waals surface area (Å²) in [5.74, 6) is -1.78. The number of carbonyl (C=O) groups excluding carboxylic acids is 6. The van der Waals surface area contributed by atoms with Gasteiger partial charge < -0.3 is 18.9 Å². The minimum Gasteiger partial charge on any atom is -0.462 e. The molecule has 12 heteroatoms. The third-order valence-electron chi connectivity index (χ3n) is 5.68. The molecule has 2 aromatic rings. The second-order valence-electron chi connectivity index (χ2n) is 8.83. The minimum atomic E-state index is -0.487. The van der Waals surface area contributed by atoms with E-state index in [-0.39, 0.29) is 39.3 Å². The van der Waals surface area contributed by atoms with Crippen LogP contribution in [0.1, 0.15) is 72.1 Å². The molecule has 0 heterocycles. The molecule has 0 aliphatic rings. The van der Waals surface area contributed by atoms with Crippen LogP contribution in [0.3, 0.4) is 0 Å². The third kappa shape index (κ3) is 13.9. The fourth-order valence-electron chi connectivity index (χ4n) is 3.50. The number of unbranched alkanes of at least 4 members (excludes halogenated alkanes) is 4. The van der Waals surface area contributed by atoms with E-state index in [2.05, 4.69) is 9.98 Å². The van der Waals surface area contributed by atoms with Gasteiger partial charge in [0.25, 0.3) is 0 Å². The van der Waals surface area contributed by atoms with Crippen LogP contribution < -0.4 is 0 Å². The van der Waals surface area contributed by atoms with Crippen molar-refractivity contribution in [1.82, 2.24) is 0 Å². The number of aliphatic imine (C=N–C) groups is 2. The number of nitrogens with zero attached hydrogens (tertiary/aromatic N) is 2. The molecule has 0 fully saturated rings. The molecule has 2 rings (SSSR count). The molecule has 12 nitrogen and oxygen atoms in total. The molecule has 0 amide bonds. The van der Waals surface area contributed by atoms with E-state index >= 15 is 0 Å². The van der Waals surface area contributed by atoms with E-state index in [1.165, 1.54) is 60.7 Å². The Bertz CT molecular complexity index is 1160. The summed E-state index contributed by atoms with van der Waals surface area (Å²) >= 11 is 0. The average molecular weight is 581 g/mol. The lowest BCUT2D eigenvalue weighted by atomic mass is 10.2. The predicted octanol–water partition coefficient (Wildman–Crippen LogP) is 4.84. The summed E-state index contributed by atoms with van der Waals surface area (Å²) in [4.78, 5) is 74.9. The molecular weight excluding hydrogens is 548 g/mol. The molecule has 222 valence electrons. The van der Waals surface area contributed by atoms with Crippen molar-refractivity contribution in [3.05, 3.63) is 59.7 Å². The number of esters is 4. The Kier molecular flexibility index (Phi) is 15.9. The van der Waals surface area contributed by atoms with Gasteiger partial charge in [0.05, 0.1) is 35.7 Å². The highest BCUT2D eigenvalue weighted by molar-refractivity contribution is 5.90. The van der Waals surface area contributed by atoms with Crippen LogP contribution >= 0.6 is 0 Å². The standard InChI is InChI=1S/C30H32N2O10/c33-21-31-25-13-9-23(10-14-25)29(37)41-17-5-1-3-7-27(35)39-19-20-40-28(36)8-4-2-6-18-42-30(38)24-11-15-26(16-12-24)32-22-34/h9-16H,1-8,17-20H2. The topological polar surface area (TPSA) is 164 Å². The molecule has 42 heavy (non-hydrogen) atoms. The third-order valence-corrected chi connectivity index (χ3v) is 5.68. The van der Waals surface area contributed by atoms with Gasteiger partial charge in [-0.1, -0.05) is 0 Å². The molecule has 0 radical (unpaired) electrons. The number of rotatable bonds is 19. The van der Waals surface area contributed by atoms with Gasteiger partial charge in [0, 0.05) is 12.8 Å². The first-order chi connectivity index (χ1) is 20.4. The van der Waals surface area contributed by atoms with E-state index in [0.717, 1.165) is 0 Å². The monoisotopic (exact) mass is 580 g/mol. The number of hydrogen-bond donors (Lipinski definition) is 0. The van der Waals surface area contributed by atoms with E-state index in [4.69, 9.17) is 18.9 Å². The van der Waals surface area contributed by atoms with E-state index in [1.54, 1.807) is 0 Å². The van der Waals surface area contributed by atoms with E-state index < -0.39 is 23.9 Å². The van der Waals surface area contributed by atoms with Gasteiger partial charge in [0.1, 0.15) is 13.2 Å². The van der Waals surface area contributed by atoms with Crippen molar-refractivity contribution in [1.29, 1.82) is 0 Å². The van der Waals surface area contributed by atoms with Crippen LogP contribution in [-0.2, 0) is 38.1 Å². The lowest BCUT2D eigenvalue weighted by Crippen LogP contribution is -2.14. The Hall–Kier alpha value is -4.92. The van der Waals surface area contributed by atoms with Crippen LogP contribution in [0.4, 0.5) is 11.4 Å². The zero-order valence-corrected chi connectivity index (χ0v) is 23.1. The van der Waals surface area contributed by atoms with Crippen LogP contribution in [-0.4, -0.2) is 62.5 Å². The molecule has 2 aromatic carbocycles. The quantitative estimate of drug-likeness (QED) is 0.0738. The van der Waals surface area contributed by atoms with Crippen molar-refractivity contribution in [2.75, 3.05) is 26.4 Å². The Labute approximate surface area is 242 Å². The Morgan fingerprint density at radius 3 is 1.24 bits per heavy atom. The maximum absolute atomic E-state index is 12.0. The Morgan fingerprint density at radius 1 is 0.500 bits per heavy atom. The number of ether oxygens (including phenoxy) is 4. The summed E-state index contributed by atoms with van der Waals surface area (Å²) in [5, 5.41) is 0. The summed E-state index contributed by atoms with van der Waals surface area (Å²) < 4.78 is 20.5. The molecular formula is C30H32N2O10. The fraction of sp³-hybridized carbons (Fsp3) is 0.400. The van der Waals surface area contributed by atoms with Gasteiger partial charge in [-0.05, 0) is 87.1 Å². The second kappa shape index (κ2) is 20.0. The molecule has 0 atom stereocenters. The number of hydrogen-bond acceptors (Lipinski definition) is 12. The molecule has 0 spiro atoms.